The Morgan fingerprint density at radius 1 is 0.968 bits per heavy atom. The molecule has 0 heterocycles. The molecule has 2 N–H and O–H groups in total. The maximum absolute atomic E-state index is 12.7. The summed E-state index contributed by atoms with van der Waals surface area (Å²) in [7, 11) is -3.76. The Bertz CT molecular complexity index is 1160. The van der Waals surface area contributed by atoms with Crippen LogP contribution in [-0.4, -0.2) is 27.5 Å². The van der Waals surface area contributed by atoms with Gasteiger partial charge in [0.05, 0.1) is 17.1 Å². The van der Waals surface area contributed by atoms with Crippen LogP contribution in [0, 0.1) is 13.8 Å². The second-order valence-corrected chi connectivity index (χ2v) is 9.07. The first-order valence-corrected chi connectivity index (χ1v) is 11.5. The van der Waals surface area contributed by atoms with Gasteiger partial charge in [-0.15, -0.1) is 0 Å². The van der Waals surface area contributed by atoms with Crippen molar-refractivity contribution >= 4 is 33.2 Å². The number of hydrogen-bond donors (Lipinski definition) is 2. The first-order chi connectivity index (χ1) is 14.8. The SMILES string of the molecule is Cc1ccc(S(=O)(=O)Nc2cccc(C(=O)NCCOc3ccc(Cl)cc3)c2C)cc1. The van der Waals surface area contributed by atoms with Gasteiger partial charge in [0, 0.05) is 10.6 Å². The molecule has 3 aromatic carbocycles. The fourth-order valence-corrected chi connectivity index (χ4v) is 4.12. The summed E-state index contributed by atoms with van der Waals surface area (Å²) in [6.45, 7) is 4.16. The summed E-state index contributed by atoms with van der Waals surface area (Å²) in [5, 5.41) is 3.40. The van der Waals surface area contributed by atoms with Gasteiger partial charge in [-0.2, -0.15) is 0 Å². The number of sulfonamides is 1. The summed E-state index contributed by atoms with van der Waals surface area (Å²) >= 11 is 5.84. The zero-order valence-corrected chi connectivity index (χ0v) is 18.8. The molecule has 6 nitrogen and oxygen atoms in total. The van der Waals surface area contributed by atoms with Crippen molar-refractivity contribution in [1.29, 1.82) is 0 Å². The number of halogens is 1. The average Bonchev–Trinajstić information content (AvgIpc) is 2.74. The van der Waals surface area contributed by atoms with Gasteiger partial charge in [0.25, 0.3) is 15.9 Å². The molecule has 0 bridgehead atoms. The van der Waals surface area contributed by atoms with Crippen LogP contribution in [0.5, 0.6) is 5.75 Å². The summed E-state index contributed by atoms with van der Waals surface area (Å²) in [5.74, 6) is 0.343. The van der Waals surface area contributed by atoms with E-state index in [-0.39, 0.29) is 17.4 Å². The van der Waals surface area contributed by atoms with Gasteiger partial charge in [0.2, 0.25) is 0 Å². The molecule has 31 heavy (non-hydrogen) atoms. The normalized spacial score (nSPS) is 11.1. The molecule has 0 radical (unpaired) electrons. The molecule has 0 aliphatic carbocycles. The third-order valence-electron chi connectivity index (χ3n) is 4.62. The standard InChI is InChI=1S/C23H23ClN2O4S/c1-16-6-12-20(13-7-16)31(28,29)26-22-5-3-4-21(17(22)2)23(27)25-14-15-30-19-10-8-18(24)9-11-19/h3-13,26H,14-15H2,1-2H3,(H,25,27). The second-order valence-electron chi connectivity index (χ2n) is 6.95. The van der Waals surface area contributed by atoms with E-state index in [1.54, 1.807) is 73.7 Å². The number of carbonyl (C=O) groups is 1. The zero-order valence-electron chi connectivity index (χ0n) is 17.2. The van der Waals surface area contributed by atoms with E-state index >= 15 is 0 Å². The second kappa shape index (κ2) is 9.85. The van der Waals surface area contributed by atoms with Crippen LogP contribution in [0.4, 0.5) is 5.69 Å². The molecule has 0 saturated carbocycles. The molecule has 3 rings (SSSR count). The summed E-state index contributed by atoms with van der Waals surface area (Å²) in [4.78, 5) is 12.7. The van der Waals surface area contributed by atoms with Crippen LogP contribution in [0.15, 0.2) is 71.6 Å². The molecule has 0 atom stereocenters. The summed E-state index contributed by atoms with van der Waals surface area (Å²) in [6, 6.07) is 18.4. The van der Waals surface area contributed by atoms with E-state index in [0.717, 1.165) is 5.56 Å². The molecular formula is C23H23ClN2O4S. The topological polar surface area (TPSA) is 84.5 Å². The number of hydrogen-bond acceptors (Lipinski definition) is 4. The largest absolute Gasteiger partial charge is 0.492 e. The van der Waals surface area contributed by atoms with Crippen LogP contribution in [-0.2, 0) is 10.0 Å². The van der Waals surface area contributed by atoms with Gasteiger partial charge in [0.15, 0.2) is 0 Å². The minimum Gasteiger partial charge on any atom is -0.492 e. The van der Waals surface area contributed by atoms with E-state index in [1.807, 2.05) is 6.92 Å². The van der Waals surface area contributed by atoms with E-state index in [4.69, 9.17) is 16.3 Å². The van der Waals surface area contributed by atoms with E-state index in [0.29, 0.717) is 34.1 Å². The number of aryl methyl sites for hydroxylation is 1. The smallest absolute Gasteiger partial charge is 0.261 e. The third kappa shape index (κ3) is 5.99. The molecule has 162 valence electrons. The van der Waals surface area contributed by atoms with Crippen molar-refractivity contribution < 1.29 is 17.9 Å². The maximum atomic E-state index is 12.7. The van der Waals surface area contributed by atoms with E-state index in [9.17, 15) is 13.2 Å². The monoisotopic (exact) mass is 458 g/mol. The highest BCUT2D eigenvalue weighted by atomic mass is 35.5. The Hall–Kier alpha value is -3.03. The zero-order chi connectivity index (χ0) is 22.4. The van der Waals surface area contributed by atoms with Crippen molar-refractivity contribution in [2.75, 3.05) is 17.9 Å². The Kier molecular flexibility index (Phi) is 7.20. The summed E-state index contributed by atoms with van der Waals surface area (Å²) in [5.41, 5.74) is 2.24. The highest BCUT2D eigenvalue weighted by Crippen LogP contribution is 2.23. The lowest BCUT2D eigenvalue weighted by Crippen LogP contribution is -2.29. The van der Waals surface area contributed by atoms with Crippen LogP contribution < -0.4 is 14.8 Å². The molecule has 3 aromatic rings. The van der Waals surface area contributed by atoms with E-state index in [1.165, 1.54) is 0 Å². The van der Waals surface area contributed by atoms with Crippen molar-refractivity contribution in [3.8, 4) is 5.75 Å². The molecule has 0 unspecified atom stereocenters. The highest BCUT2D eigenvalue weighted by molar-refractivity contribution is 7.92. The van der Waals surface area contributed by atoms with Gasteiger partial charge in [-0.05, 0) is 67.9 Å². The number of ether oxygens (including phenoxy) is 1. The van der Waals surface area contributed by atoms with Crippen molar-refractivity contribution in [3.05, 3.63) is 88.4 Å². The maximum Gasteiger partial charge on any atom is 0.261 e. The van der Waals surface area contributed by atoms with Crippen LogP contribution in [0.2, 0.25) is 5.02 Å². The predicted octanol–water partition coefficient (Wildman–Crippen LogP) is 4.57. The van der Waals surface area contributed by atoms with Crippen LogP contribution in [0.25, 0.3) is 0 Å². The lowest BCUT2D eigenvalue weighted by atomic mass is 10.1. The van der Waals surface area contributed by atoms with Gasteiger partial charge >= 0.3 is 0 Å². The summed E-state index contributed by atoms with van der Waals surface area (Å²) in [6.07, 6.45) is 0. The molecule has 0 aromatic heterocycles. The number of anilines is 1. The lowest BCUT2D eigenvalue weighted by molar-refractivity contribution is 0.0946. The van der Waals surface area contributed by atoms with Crippen LogP contribution in [0.1, 0.15) is 21.5 Å². The molecule has 1 amide bonds. The highest BCUT2D eigenvalue weighted by Gasteiger charge is 2.18. The minimum absolute atomic E-state index is 0.159. The molecular weight excluding hydrogens is 436 g/mol. The number of nitrogens with one attached hydrogen (secondary N) is 2. The Morgan fingerprint density at radius 2 is 1.65 bits per heavy atom. The Morgan fingerprint density at radius 3 is 2.32 bits per heavy atom. The quantitative estimate of drug-likeness (QED) is 0.484. The van der Waals surface area contributed by atoms with Crippen molar-refractivity contribution in [1.82, 2.24) is 5.32 Å². The van der Waals surface area contributed by atoms with Gasteiger partial charge in [0.1, 0.15) is 12.4 Å². The number of amides is 1. The fraction of sp³-hybridized carbons (Fsp3) is 0.174. The number of benzene rings is 3. The van der Waals surface area contributed by atoms with Crippen LogP contribution >= 0.6 is 11.6 Å². The molecule has 0 aliphatic rings. The fourth-order valence-electron chi connectivity index (χ4n) is 2.87. The predicted molar refractivity (Wildman–Crippen MR) is 122 cm³/mol. The van der Waals surface area contributed by atoms with Crippen molar-refractivity contribution in [2.45, 2.75) is 18.7 Å². The molecule has 0 saturated heterocycles. The van der Waals surface area contributed by atoms with Gasteiger partial charge in [-0.3, -0.25) is 9.52 Å². The first kappa shape index (κ1) is 22.7. The van der Waals surface area contributed by atoms with Gasteiger partial charge in [-0.25, -0.2) is 8.42 Å². The number of carbonyl (C=O) groups excluding carboxylic acids is 1. The van der Waals surface area contributed by atoms with Crippen molar-refractivity contribution in [2.24, 2.45) is 0 Å². The Balaban J connectivity index is 1.63. The van der Waals surface area contributed by atoms with Gasteiger partial charge < -0.3 is 10.1 Å². The minimum atomic E-state index is -3.76. The average molecular weight is 459 g/mol. The lowest BCUT2D eigenvalue weighted by Gasteiger charge is -2.14. The Labute approximate surface area is 187 Å². The number of rotatable bonds is 8. The van der Waals surface area contributed by atoms with E-state index < -0.39 is 10.0 Å². The van der Waals surface area contributed by atoms with Gasteiger partial charge in [-0.1, -0.05) is 35.4 Å². The van der Waals surface area contributed by atoms with Crippen LogP contribution in [0.3, 0.4) is 0 Å². The third-order valence-corrected chi connectivity index (χ3v) is 6.26. The summed E-state index contributed by atoms with van der Waals surface area (Å²) < 4.78 is 33.5. The van der Waals surface area contributed by atoms with E-state index in [2.05, 4.69) is 10.0 Å². The molecule has 8 heteroatoms. The van der Waals surface area contributed by atoms with Crippen molar-refractivity contribution in [3.63, 3.8) is 0 Å². The first-order valence-electron chi connectivity index (χ1n) is 9.62. The molecule has 0 fully saturated rings. The molecule has 0 aliphatic heterocycles. The molecule has 0 spiro atoms.